The molecule has 2 rings (SSSR count). The van der Waals surface area contributed by atoms with E-state index < -0.39 is 0 Å². The van der Waals surface area contributed by atoms with Crippen LogP contribution in [0.5, 0.6) is 0 Å². The first-order chi connectivity index (χ1) is 12.9. The molecule has 0 amide bonds. The number of aromatic nitrogens is 3. The molecule has 0 fully saturated rings. The van der Waals surface area contributed by atoms with E-state index in [0.717, 1.165) is 5.82 Å². The molecule has 0 aromatic carbocycles. The molecule has 0 spiro atoms. The highest BCUT2D eigenvalue weighted by atomic mass is 32.1. The summed E-state index contributed by atoms with van der Waals surface area (Å²) in [5.41, 5.74) is 3.86. The Balaban J connectivity index is 0.000000280. The smallest absolute Gasteiger partial charge is 0.109 e. The van der Waals surface area contributed by atoms with Gasteiger partial charge in [0.2, 0.25) is 0 Å². The van der Waals surface area contributed by atoms with E-state index in [4.69, 9.17) is 4.98 Å². The standard InChI is InChI=1S/C12H22N2.C12H21NS/c2*1-7(2)10-11(8(3)4)14-12(13-10)9(5)6/h7-9H,1-6H3,(H,13,14);7-9H,1-6H3. The Bertz CT molecular complexity index is 605. The zero-order valence-electron chi connectivity index (χ0n) is 20.3. The van der Waals surface area contributed by atoms with E-state index in [1.54, 1.807) is 0 Å². The number of H-pyrrole nitrogens is 1. The molecule has 0 atom stereocenters. The van der Waals surface area contributed by atoms with E-state index in [1.165, 1.54) is 27.0 Å². The third-order valence-electron chi connectivity index (χ3n) is 4.71. The molecule has 0 aliphatic rings. The second kappa shape index (κ2) is 10.6. The molecule has 0 saturated carbocycles. The van der Waals surface area contributed by atoms with E-state index >= 15 is 0 Å². The minimum absolute atomic E-state index is 0.486. The van der Waals surface area contributed by atoms with E-state index in [9.17, 15) is 0 Å². The van der Waals surface area contributed by atoms with Gasteiger partial charge in [0.15, 0.2) is 0 Å². The molecule has 0 aliphatic carbocycles. The van der Waals surface area contributed by atoms with Gasteiger partial charge in [-0.2, -0.15) is 0 Å². The van der Waals surface area contributed by atoms with Crippen LogP contribution in [0.4, 0.5) is 0 Å². The average Bonchev–Trinajstić information content (AvgIpc) is 3.20. The van der Waals surface area contributed by atoms with E-state index in [1.807, 2.05) is 11.3 Å². The lowest BCUT2D eigenvalue weighted by Gasteiger charge is -2.07. The molecular weight excluding hydrogens is 362 g/mol. The first-order valence-electron chi connectivity index (χ1n) is 11.0. The minimum atomic E-state index is 0.486. The fraction of sp³-hybridized carbons (Fsp3) is 0.750. The largest absolute Gasteiger partial charge is 0.345 e. The summed E-state index contributed by atoms with van der Waals surface area (Å²) in [6.45, 7) is 26.6. The average molecular weight is 406 g/mol. The molecule has 4 heteroatoms. The molecule has 2 aromatic heterocycles. The highest BCUT2D eigenvalue weighted by Gasteiger charge is 2.18. The number of nitrogens with zero attached hydrogens (tertiary/aromatic N) is 2. The molecule has 3 nitrogen and oxygen atoms in total. The van der Waals surface area contributed by atoms with Crippen molar-refractivity contribution in [1.29, 1.82) is 0 Å². The number of imidazole rings is 1. The zero-order chi connectivity index (χ0) is 21.8. The topological polar surface area (TPSA) is 41.6 Å². The van der Waals surface area contributed by atoms with Crippen LogP contribution in [0.1, 0.15) is 151 Å². The van der Waals surface area contributed by atoms with Crippen molar-refractivity contribution in [1.82, 2.24) is 15.0 Å². The Labute approximate surface area is 177 Å². The van der Waals surface area contributed by atoms with Gasteiger partial charge in [-0.15, -0.1) is 11.3 Å². The third-order valence-corrected chi connectivity index (χ3v) is 6.39. The van der Waals surface area contributed by atoms with Gasteiger partial charge >= 0.3 is 0 Å². The zero-order valence-corrected chi connectivity index (χ0v) is 21.1. The minimum Gasteiger partial charge on any atom is -0.345 e. The Hall–Kier alpha value is -1.16. The number of nitrogens with one attached hydrogen (secondary N) is 1. The van der Waals surface area contributed by atoms with Crippen LogP contribution >= 0.6 is 11.3 Å². The van der Waals surface area contributed by atoms with Crippen LogP contribution in [0.2, 0.25) is 0 Å². The van der Waals surface area contributed by atoms with Crippen LogP contribution in [-0.4, -0.2) is 15.0 Å². The molecule has 0 aliphatic heterocycles. The number of aromatic amines is 1. The van der Waals surface area contributed by atoms with Crippen molar-refractivity contribution in [2.75, 3.05) is 0 Å². The van der Waals surface area contributed by atoms with Crippen molar-refractivity contribution in [2.45, 2.75) is 119 Å². The Morgan fingerprint density at radius 3 is 1.39 bits per heavy atom. The maximum atomic E-state index is 4.75. The summed E-state index contributed by atoms with van der Waals surface area (Å²) in [6, 6.07) is 0. The Morgan fingerprint density at radius 2 is 1.11 bits per heavy atom. The van der Waals surface area contributed by atoms with Crippen LogP contribution < -0.4 is 0 Å². The highest BCUT2D eigenvalue weighted by molar-refractivity contribution is 7.11. The lowest BCUT2D eigenvalue weighted by Crippen LogP contribution is -1.96. The highest BCUT2D eigenvalue weighted by Crippen LogP contribution is 2.34. The van der Waals surface area contributed by atoms with Crippen LogP contribution in [-0.2, 0) is 0 Å². The number of hydrogen-bond donors (Lipinski definition) is 1. The number of rotatable bonds is 6. The number of hydrogen-bond acceptors (Lipinski definition) is 3. The van der Waals surface area contributed by atoms with Gasteiger partial charge in [0.05, 0.1) is 16.4 Å². The Morgan fingerprint density at radius 1 is 0.571 bits per heavy atom. The summed E-state index contributed by atoms with van der Waals surface area (Å²) < 4.78 is 0. The fourth-order valence-corrected chi connectivity index (χ4v) is 4.24. The molecule has 0 bridgehead atoms. The molecule has 2 aromatic rings. The molecule has 28 heavy (non-hydrogen) atoms. The molecule has 160 valence electrons. The molecular formula is C24H43N3S. The van der Waals surface area contributed by atoms with Crippen molar-refractivity contribution in [2.24, 2.45) is 0 Å². The van der Waals surface area contributed by atoms with Gasteiger partial charge in [0, 0.05) is 22.4 Å². The fourth-order valence-electron chi connectivity index (χ4n) is 3.01. The maximum absolute atomic E-state index is 4.75. The predicted octanol–water partition coefficient (Wildman–Crippen LogP) is 8.29. The molecule has 0 radical (unpaired) electrons. The quantitative estimate of drug-likeness (QED) is 0.525. The molecule has 0 unspecified atom stereocenters. The Kier molecular flexibility index (Phi) is 9.39. The lowest BCUT2D eigenvalue weighted by atomic mass is 10.0. The van der Waals surface area contributed by atoms with Gasteiger partial charge in [-0.25, -0.2) is 9.97 Å². The van der Waals surface area contributed by atoms with Gasteiger partial charge < -0.3 is 4.98 Å². The van der Waals surface area contributed by atoms with Crippen molar-refractivity contribution in [3.05, 3.63) is 32.8 Å². The normalized spacial score (nSPS) is 12.1. The van der Waals surface area contributed by atoms with Crippen LogP contribution in [0, 0.1) is 0 Å². The second-order valence-electron chi connectivity index (χ2n) is 9.65. The first-order valence-corrected chi connectivity index (χ1v) is 11.8. The summed E-state index contributed by atoms with van der Waals surface area (Å²) >= 11 is 1.89. The summed E-state index contributed by atoms with van der Waals surface area (Å²) in [7, 11) is 0. The van der Waals surface area contributed by atoms with Gasteiger partial charge in [-0.3, -0.25) is 0 Å². The first kappa shape index (κ1) is 24.9. The van der Waals surface area contributed by atoms with Crippen LogP contribution in [0.25, 0.3) is 0 Å². The monoisotopic (exact) mass is 405 g/mol. The van der Waals surface area contributed by atoms with Crippen LogP contribution in [0.3, 0.4) is 0 Å². The predicted molar refractivity (Wildman–Crippen MR) is 125 cm³/mol. The van der Waals surface area contributed by atoms with Crippen LogP contribution in [0.15, 0.2) is 0 Å². The summed E-state index contributed by atoms with van der Waals surface area (Å²) in [5, 5.41) is 1.29. The molecule has 0 saturated heterocycles. The van der Waals surface area contributed by atoms with Gasteiger partial charge in [0.1, 0.15) is 5.82 Å². The van der Waals surface area contributed by atoms with Gasteiger partial charge in [0.25, 0.3) is 0 Å². The van der Waals surface area contributed by atoms with Crippen molar-refractivity contribution in [3.63, 3.8) is 0 Å². The van der Waals surface area contributed by atoms with E-state index in [0.29, 0.717) is 35.5 Å². The van der Waals surface area contributed by atoms with Crippen molar-refractivity contribution < 1.29 is 0 Å². The summed E-state index contributed by atoms with van der Waals surface area (Å²) in [6.07, 6.45) is 0. The SMILES string of the molecule is CC(C)c1nc(C(C)C)c(C(C)C)[nH]1.CC(C)c1nc(C(C)C)c(C(C)C)s1. The van der Waals surface area contributed by atoms with Crippen molar-refractivity contribution in [3.8, 4) is 0 Å². The van der Waals surface area contributed by atoms with Crippen molar-refractivity contribution >= 4 is 11.3 Å². The maximum Gasteiger partial charge on any atom is 0.109 e. The van der Waals surface area contributed by atoms with Gasteiger partial charge in [-0.1, -0.05) is 83.1 Å². The van der Waals surface area contributed by atoms with E-state index in [-0.39, 0.29) is 0 Å². The lowest BCUT2D eigenvalue weighted by molar-refractivity contribution is 0.759. The van der Waals surface area contributed by atoms with Gasteiger partial charge in [-0.05, 0) is 23.7 Å². The van der Waals surface area contributed by atoms with E-state index in [2.05, 4.69) is 93.1 Å². The summed E-state index contributed by atoms with van der Waals surface area (Å²) in [4.78, 5) is 14.4. The molecule has 1 N–H and O–H groups in total. The molecule has 2 heterocycles. The summed E-state index contributed by atoms with van der Waals surface area (Å²) in [5.74, 6) is 4.37. The second-order valence-corrected chi connectivity index (χ2v) is 10.7. The number of thiazole rings is 1. The third kappa shape index (κ3) is 6.43.